The van der Waals surface area contributed by atoms with Crippen LogP contribution in [0, 0.1) is 5.92 Å². The largest absolute Gasteiger partial charge is 0.330 e. The predicted octanol–water partition coefficient (Wildman–Crippen LogP) is 3.09. The third kappa shape index (κ3) is 4.12. The van der Waals surface area contributed by atoms with Crippen molar-refractivity contribution in [1.29, 1.82) is 0 Å². The predicted molar refractivity (Wildman–Crippen MR) is 68.0 cm³/mol. The molecule has 0 aliphatic rings. The van der Waals surface area contributed by atoms with Gasteiger partial charge in [0.25, 0.3) is 0 Å². The summed E-state index contributed by atoms with van der Waals surface area (Å²) in [6.07, 6.45) is 0.809. The zero-order chi connectivity index (χ0) is 12.1. The molecule has 0 spiro atoms. The Morgan fingerprint density at radius 2 is 2.12 bits per heavy atom. The van der Waals surface area contributed by atoms with Crippen LogP contribution in [0.25, 0.3) is 0 Å². The molecule has 0 bridgehead atoms. The minimum Gasteiger partial charge on any atom is -0.330 e. The van der Waals surface area contributed by atoms with E-state index in [1.165, 1.54) is 0 Å². The Morgan fingerprint density at radius 3 is 2.75 bits per heavy atom. The number of carbonyl (C=O) groups excluding carboxylic acids is 1. The van der Waals surface area contributed by atoms with E-state index < -0.39 is 0 Å². The van der Waals surface area contributed by atoms with Crippen LogP contribution in [0.2, 0.25) is 10.0 Å². The summed E-state index contributed by atoms with van der Waals surface area (Å²) in [4.78, 5) is 11.7. The van der Waals surface area contributed by atoms with E-state index in [-0.39, 0.29) is 11.7 Å². The van der Waals surface area contributed by atoms with E-state index in [4.69, 9.17) is 28.9 Å². The topological polar surface area (TPSA) is 43.1 Å². The molecule has 1 aromatic carbocycles. The molecule has 2 N–H and O–H groups in total. The van der Waals surface area contributed by atoms with Crippen molar-refractivity contribution < 1.29 is 4.79 Å². The van der Waals surface area contributed by atoms with Gasteiger partial charge in [0.05, 0.1) is 0 Å². The molecule has 1 atom stereocenters. The second-order valence-corrected chi connectivity index (χ2v) is 4.84. The van der Waals surface area contributed by atoms with E-state index in [1.807, 2.05) is 6.92 Å². The molecule has 0 fully saturated rings. The Morgan fingerprint density at radius 1 is 1.44 bits per heavy atom. The third-order valence-electron chi connectivity index (χ3n) is 2.37. The number of benzene rings is 1. The molecule has 0 aliphatic heterocycles. The number of carbonyl (C=O) groups is 1. The molecule has 0 aromatic heterocycles. The molecular formula is C12H15Cl2NO. The van der Waals surface area contributed by atoms with Gasteiger partial charge in [-0.1, -0.05) is 30.1 Å². The lowest BCUT2D eigenvalue weighted by Gasteiger charge is -2.08. The monoisotopic (exact) mass is 259 g/mol. The molecule has 0 radical (unpaired) electrons. The molecule has 0 saturated heterocycles. The number of Topliss-reactive ketones (excluding diaryl/α,β-unsaturated/α-hetero) is 1. The zero-order valence-electron chi connectivity index (χ0n) is 9.17. The first-order chi connectivity index (χ1) is 7.52. The van der Waals surface area contributed by atoms with Crippen LogP contribution >= 0.6 is 23.2 Å². The van der Waals surface area contributed by atoms with Crippen LogP contribution in [0.15, 0.2) is 18.2 Å². The highest BCUT2D eigenvalue weighted by Crippen LogP contribution is 2.21. The first kappa shape index (κ1) is 13.5. The van der Waals surface area contributed by atoms with Gasteiger partial charge in [-0.25, -0.2) is 0 Å². The van der Waals surface area contributed by atoms with Gasteiger partial charge in [-0.15, -0.1) is 0 Å². The summed E-state index contributed by atoms with van der Waals surface area (Å²) in [7, 11) is 0. The average molecular weight is 260 g/mol. The van der Waals surface area contributed by atoms with Crippen molar-refractivity contribution in [3.63, 3.8) is 0 Å². The van der Waals surface area contributed by atoms with Crippen LogP contribution < -0.4 is 5.73 Å². The highest BCUT2D eigenvalue weighted by Gasteiger charge is 2.11. The number of ketones is 1. The first-order valence-electron chi connectivity index (χ1n) is 5.18. The van der Waals surface area contributed by atoms with Gasteiger partial charge in [0.15, 0.2) is 0 Å². The fraction of sp³-hybridized carbons (Fsp3) is 0.417. The summed E-state index contributed by atoms with van der Waals surface area (Å²) < 4.78 is 0. The number of hydrogen-bond acceptors (Lipinski definition) is 2. The van der Waals surface area contributed by atoms with Gasteiger partial charge in [0, 0.05) is 22.9 Å². The summed E-state index contributed by atoms with van der Waals surface area (Å²) in [5.74, 6) is 0.354. The molecule has 0 aliphatic carbocycles. The van der Waals surface area contributed by atoms with Crippen molar-refractivity contribution in [3.05, 3.63) is 33.8 Å². The summed E-state index contributed by atoms with van der Waals surface area (Å²) in [5, 5.41) is 1.18. The molecule has 4 heteroatoms. The smallest absolute Gasteiger partial charge is 0.137 e. The SMILES string of the molecule is CC(CN)CC(=O)Cc1cc(Cl)ccc1Cl. The van der Waals surface area contributed by atoms with Crippen LogP contribution in [0.3, 0.4) is 0 Å². The van der Waals surface area contributed by atoms with Crippen molar-refractivity contribution in [2.75, 3.05) is 6.54 Å². The summed E-state index contributed by atoms with van der Waals surface area (Å²) in [5.41, 5.74) is 6.25. The van der Waals surface area contributed by atoms with Crippen LogP contribution in [-0.2, 0) is 11.2 Å². The minimum atomic E-state index is 0.141. The second-order valence-electron chi connectivity index (χ2n) is 4.00. The van der Waals surface area contributed by atoms with Gasteiger partial charge >= 0.3 is 0 Å². The summed E-state index contributed by atoms with van der Waals surface area (Å²) in [6, 6.07) is 5.15. The van der Waals surface area contributed by atoms with E-state index in [0.29, 0.717) is 29.4 Å². The second kappa shape index (κ2) is 6.24. The molecule has 88 valence electrons. The van der Waals surface area contributed by atoms with Crippen molar-refractivity contribution in [2.24, 2.45) is 11.7 Å². The van der Waals surface area contributed by atoms with Gasteiger partial charge in [-0.05, 0) is 36.2 Å². The van der Waals surface area contributed by atoms with E-state index in [2.05, 4.69) is 0 Å². The van der Waals surface area contributed by atoms with Gasteiger partial charge in [-0.2, -0.15) is 0 Å². The maximum Gasteiger partial charge on any atom is 0.137 e. The Bertz CT molecular complexity index is 379. The number of rotatable bonds is 5. The molecule has 16 heavy (non-hydrogen) atoms. The lowest BCUT2D eigenvalue weighted by atomic mass is 10.00. The molecule has 1 unspecified atom stereocenters. The lowest BCUT2D eigenvalue weighted by Crippen LogP contribution is -2.16. The fourth-order valence-electron chi connectivity index (χ4n) is 1.44. The van der Waals surface area contributed by atoms with Gasteiger partial charge in [-0.3, -0.25) is 4.79 Å². The normalized spacial score (nSPS) is 12.5. The molecule has 0 saturated carbocycles. The van der Waals surface area contributed by atoms with E-state index >= 15 is 0 Å². The van der Waals surface area contributed by atoms with E-state index in [1.54, 1.807) is 18.2 Å². The minimum absolute atomic E-state index is 0.141. The van der Waals surface area contributed by atoms with Crippen molar-refractivity contribution in [1.82, 2.24) is 0 Å². The van der Waals surface area contributed by atoms with E-state index in [9.17, 15) is 4.79 Å². The van der Waals surface area contributed by atoms with Crippen molar-refractivity contribution >= 4 is 29.0 Å². The zero-order valence-corrected chi connectivity index (χ0v) is 10.7. The van der Waals surface area contributed by atoms with Crippen molar-refractivity contribution in [3.8, 4) is 0 Å². The fourth-order valence-corrected chi connectivity index (χ4v) is 1.81. The summed E-state index contributed by atoms with van der Waals surface area (Å²) in [6.45, 7) is 2.48. The van der Waals surface area contributed by atoms with Gasteiger partial charge in [0.1, 0.15) is 5.78 Å². The van der Waals surface area contributed by atoms with Gasteiger partial charge < -0.3 is 5.73 Å². The third-order valence-corrected chi connectivity index (χ3v) is 2.98. The molecule has 0 heterocycles. The molecule has 1 aromatic rings. The van der Waals surface area contributed by atoms with Crippen molar-refractivity contribution in [2.45, 2.75) is 19.8 Å². The standard InChI is InChI=1S/C12H15Cl2NO/c1-8(7-15)4-11(16)6-9-5-10(13)2-3-12(9)14/h2-3,5,8H,4,6-7,15H2,1H3. The Labute approximate surface area is 106 Å². The quantitative estimate of drug-likeness (QED) is 0.884. The molecular weight excluding hydrogens is 245 g/mol. The number of hydrogen-bond donors (Lipinski definition) is 1. The Kier molecular flexibility index (Phi) is 5.26. The average Bonchev–Trinajstić information content (AvgIpc) is 2.23. The first-order valence-corrected chi connectivity index (χ1v) is 5.94. The van der Waals surface area contributed by atoms with E-state index in [0.717, 1.165) is 5.56 Å². The van der Waals surface area contributed by atoms with Crippen LogP contribution in [0.4, 0.5) is 0 Å². The highest BCUT2D eigenvalue weighted by atomic mass is 35.5. The van der Waals surface area contributed by atoms with Crippen LogP contribution in [0.5, 0.6) is 0 Å². The summed E-state index contributed by atoms with van der Waals surface area (Å²) >= 11 is 11.8. The number of halogens is 2. The number of nitrogens with two attached hydrogens (primary N) is 1. The Balaban J connectivity index is 2.65. The van der Waals surface area contributed by atoms with Gasteiger partial charge in [0.2, 0.25) is 0 Å². The maximum atomic E-state index is 11.7. The Hall–Kier alpha value is -0.570. The lowest BCUT2D eigenvalue weighted by molar-refractivity contribution is -0.119. The molecule has 1 rings (SSSR count). The molecule has 2 nitrogen and oxygen atoms in total. The molecule has 0 amide bonds. The van der Waals surface area contributed by atoms with Crippen LogP contribution in [0.1, 0.15) is 18.9 Å². The van der Waals surface area contributed by atoms with Crippen LogP contribution in [-0.4, -0.2) is 12.3 Å². The highest BCUT2D eigenvalue weighted by molar-refractivity contribution is 6.33. The maximum absolute atomic E-state index is 11.7.